The Morgan fingerprint density at radius 2 is 1.93 bits per heavy atom. The molecule has 0 aliphatic carbocycles. The predicted molar refractivity (Wildman–Crippen MR) is 157 cm³/mol. The second kappa shape index (κ2) is 10.6. The molecule has 0 amide bonds. The number of aliphatic hydroxyl groups is 1. The molecule has 0 spiro atoms. The summed E-state index contributed by atoms with van der Waals surface area (Å²) in [7, 11) is 0. The van der Waals surface area contributed by atoms with Crippen molar-refractivity contribution >= 4 is 27.5 Å². The lowest BCUT2D eigenvalue weighted by Gasteiger charge is -2.35. The number of rotatable bonds is 7. The number of hydrogen-bond acceptors (Lipinski definition) is 10. The molecule has 220 valence electrons. The normalized spacial score (nSPS) is 23.8. The first kappa shape index (κ1) is 27.2. The van der Waals surface area contributed by atoms with E-state index < -0.39 is 11.6 Å². The highest BCUT2D eigenvalue weighted by Gasteiger charge is 2.45. The van der Waals surface area contributed by atoms with Gasteiger partial charge >= 0.3 is 6.01 Å². The minimum atomic E-state index is -1.35. The molecule has 3 fully saturated rings. The van der Waals surface area contributed by atoms with Crippen LogP contribution in [0, 0.1) is 5.82 Å². The summed E-state index contributed by atoms with van der Waals surface area (Å²) >= 11 is 0. The van der Waals surface area contributed by atoms with E-state index in [9.17, 15) is 10.2 Å². The number of fused-ring (bicyclic) bond motifs is 3. The number of phenolic OH excluding ortho intramolecular Hbond substituents is 1. The molecule has 5 heterocycles. The lowest BCUT2D eigenvalue weighted by Crippen LogP contribution is -2.48. The van der Waals surface area contributed by atoms with E-state index in [1.807, 2.05) is 24.3 Å². The Bertz CT molecular complexity index is 1630. The smallest absolute Gasteiger partial charge is 0.319 e. The minimum Gasteiger partial charge on any atom is -0.508 e. The van der Waals surface area contributed by atoms with Crippen LogP contribution in [0.15, 0.2) is 42.6 Å². The minimum absolute atomic E-state index is 0.00848. The summed E-state index contributed by atoms with van der Waals surface area (Å²) in [6, 6.07) is 10.5. The van der Waals surface area contributed by atoms with Crippen molar-refractivity contribution < 1.29 is 24.1 Å². The van der Waals surface area contributed by atoms with E-state index in [1.165, 1.54) is 6.07 Å². The highest BCUT2D eigenvalue weighted by Crippen LogP contribution is 2.40. The van der Waals surface area contributed by atoms with E-state index in [1.54, 1.807) is 12.3 Å². The third-order valence-electron chi connectivity index (χ3n) is 9.14. The first-order valence-corrected chi connectivity index (χ1v) is 14.7. The van der Waals surface area contributed by atoms with E-state index in [0.717, 1.165) is 49.5 Å². The number of pyridine rings is 1. The van der Waals surface area contributed by atoms with Crippen LogP contribution >= 0.6 is 0 Å². The number of nitrogens with zero attached hydrogens (tertiary/aromatic N) is 4. The summed E-state index contributed by atoms with van der Waals surface area (Å²) in [4.78, 5) is 16.2. The number of benzene rings is 2. The molecule has 11 heteroatoms. The van der Waals surface area contributed by atoms with E-state index in [-0.39, 0.29) is 47.7 Å². The summed E-state index contributed by atoms with van der Waals surface area (Å²) in [6.07, 6.45) is 6.86. The van der Waals surface area contributed by atoms with Gasteiger partial charge in [0.05, 0.1) is 23.6 Å². The average molecular weight is 575 g/mol. The maximum Gasteiger partial charge on any atom is 0.319 e. The lowest BCUT2D eigenvalue weighted by molar-refractivity contribution is -0.218. The fraction of sp³-hybridized carbons (Fsp3) is 0.452. The van der Waals surface area contributed by atoms with Crippen LogP contribution in [0.4, 0.5) is 10.2 Å². The number of aromatic nitrogens is 3. The third kappa shape index (κ3) is 4.80. The summed E-state index contributed by atoms with van der Waals surface area (Å²) in [5.74, 6) is -1.57. The highest BCUT2D eigenvalue weighted by atomic mass is 19.1. The quantitative estimate of drug-likeness (QED) is 0.257. The highest BCUT2D eigenvalue weighted by molar-refractivity contribution is 5.99. The van der Waals surface area contributed by atoms with Crippen molar-refractivity contribution in [3.8, 4) is 23.0 Å². The van der Waals surface area contributed by atoms with Crippen LogP contribution in [-0.4, -0.2) is 80.3 Å². The van der Waals surface area contributed by atoms with E-state index in [4.69, 9.17) is 15.2 Å². The second-order valence-corrected chi connectivity index (χ2v) is 11.8. The molecule has 7 rings (SSSR count). The molecular formula is C31H35FN6O4. The fourth-order valence-electron chi connectivity index (χ4n) is 6.83. The molecule has 5 N–H and O–H groups in total. The van der Waals surface area contributed by atoms with Crippen molar-refractivity contribution in [1.29, 1.82) is 0 Å². The molecule has 0 radical (unpaired) electrons. The van der Waals surface area contributed by atoms with Gasteiger partial charge in [0.2, 0.25) is 0 Å². The van der Waals surface area contributed by atoms with Gasteiger partial charge in [0, 0.05) is 24.7 Å². The van der Waals surface area contributed by atoms with Gasteiger partial charge in [-0.15, -0.1) is 0 Å². The molecule has 4 aromatic rings. The van der Waals surface area contributed by atoms with Gasteiger partial charge in [0.1, 0.15) is 29.4 Å². The number of anilines is 1. The summed E-state index contributed by atoms with van der Waals surface area (Å²) in [5, 5.41) is 26.1. The second-order valence-electron chi connectivity index (χ2n) is 11.8. The number of aromatic hydroxyl groups is 1. The molecule has 3 saturated heterocycles. The predicted octanol–water partition coefficient (Wildman–Crippen LogP) is 3.94. The van der Waals surface area contributed by atoms with Crippen molar-refractivity contribution in [2.24, 2.45) is 5.73 Å². The summed E-state index contributed by atoms with van der Waals surface area (Å²) < 4.78 is 28.3. The van der Waals surface area contributed by atoms with Gasteiger partial charge in [-0.25, -0.2) is 4.39 Å². The van der Waals surface area contributed by atoms with Crippen molar-refractivity contribution in [3.05, 3.63) is 48.4 Å². The molecule has 0 bridgehead atoms. The first-order chi connectivity index (χ1) is 20.4. The Kier molecular flexibility index (Phi) is 6.85. The van der Waals surface area contributed by atoms with Gasteiger partial charge in [-0.3, -0.25) is 9.88 Å². The number of ether oxygens (including phenoxy) is 2. The summed E-state index contributed by atoms with van der Waals surface area (Å²) in [5.41, 5.74) is 6.26. The van der Waals surface area contributed by atoms with Crippen LogP contribution in [0.1, 0.15) is 38.5 Å². The van der Waals surface area contributed by atoms with E-state index in [2.05, 4.69) is 25.2 Å². The standard InChI is InChI=1S/C31H35FN6O4/c32-25-26(23-14-21(39)13-19-5-1-2-6-22(19)23)34-15-24-27(25)36-29(41-18-30-8-3-11-38(30)12-4-9-30)37-28(24)35-20-7-10-31(40,17-33)42-16-20/h1-2,5-6,13-15,20,39-40H,3-4,7-12,16-18,33H2,(H,35,36,37). The van der Waals surface area contributed by atoms with Crippen LogP contribution in [-0.2, 0) is 4.74 Å². The first-order valence-electron chi connectivity index (χ1n) is 14.7. The Hall–Kier alpha value is -3.64. The maximum atomic E-state index is 16.5. The lowest BCUT2D eigenvalue weighted by atomic mass is 9.95. The van der Waals surface area contributed by atoms with Crippen LogP contribution in [0.3, 0.4) is 0 Å². The van der Waals surface area contributed by atoms with Crippen molar-refractivity contribution in [2.75, 3.05) is 38.2 Å². The third-order valence-corrected chi connectivity index (χ3v) is 9.14. The van der Waals surface area contributed by atoms with Gasteiger partial charge in [-0.05, 0) is 68.1 Å². The van der Waals surface area contributed by atoms with Crippen molar-refractivity contribution in [1.82, 2.24) is 19.9 Å². The molecule has 10 nitrogen and oxygen atoms in total. The number of phenols is 1. The molecule has 2 atom stereocenters. The average Bonchev–Trinajstić information content (AvgIpc) is 3.58. The molecule has 3 aliphatic heterocycles. The van der Waals surface area contributed by atoms with Crippen LogP contribution in [0.2, 0.25) is 0 Å². The topological polar surface area (TPSA) is 139 Å². The van der Waals surface area contributed by atoms with Gasteiger partial charge in [0.25, 0.3) is 0 Å². The monoisotopic (exact) mass is 574 g/mol. The summed E-state index contributed by atoms with van der Waals surface area (Å²) in [6.45, 7) is 2.77. The van der Waals surface area contributed by atoms with Gasteiger partial charge in [0.15, 0.2) is 11.6 Å². The molecule has 42 heavy (non-hydrogen) atoms. The van der Waals surface area contributed by atoms with E-state index >= 15 is 4.39 Å². The molecular weight excluding hydrogens is 539 g/mol. The molecule has 2 aromatic carbocycles. The Morgan fingerprint density at radius 1 is 1.12 bits per heavy atom. The van der Waals surface area contributed by atoms with Crippen LogP contribution < -0.4 is 15.8 Å². The van der Waals surface area contributed by atoms with E-state index in [0.29, 0.717) is 36.2 Å². The number of nitrogens with two attached hydrogens (primary N) is 1. The number of halogens is 1. The van der Waals surface area contributed by atoms with Crippen molar-refractivity contribution in [3.63, 3.8) is 0 Å². The van der Waals surface area contributed by atoms with Crippen molar-refractivity contribution in [2.45, 2.75) is 55.9 Å². The number of hydrogen-bond donors (Lipinski definition) is 4. The Morgan fingerprint density at radius 3 is 2.69 bits per heavy atom. The number of nitrogens with one attached hydrogen (secondary N) is 1. The van der Waals surface area contributed by atoms with Gasteiger partial charge in [-0.1, -0.05) is 24.3 Å². The van der Waals surface area contributed by atoms with Gasteiger partial charge < -0.3 is 30.7 Å². The van der Waals surface area contributed by atoms with Crippen LogP contribution in [0.5, 0.6) is 11.8 Å². The molecule has 2 unspecified atom stereocenters. The molecule has 2 aromatic heterocycles. The fourth-order valence-corrected chi connectivity index (χ4v) is 6.83. The van der Waals surface area contributed by atoms with Gasteiger partial charge in [-0.2, -0.15) is 9.97 Å². The zero-order chi connectivity index (χ0) is 28.9. The zero-order valence-electron chi connectivity index (χ0n) is 23.4. The Labute approximate surface area is 242 Å². The van der Waals surface area contributed by atoms with Crippen LogP contribution in [0.25, 0.3) is 32.9 Å². The maximum absolute atomic E-state index is 16.5. The molecule has 0 saturated carbocycles. The SMILES string of the molecule is NCC1(O)CCC(Nc2nc(OCC34CCCN3CCC4)nc3c(F)c(-c4cc(O)cc5ccccc45)ncc23)CO1. The molecule has 3 aliphatic rings. The zero-order valence-corrected chi connectivity index (χ0v) is 23.4. The Balaban J connectivity index is 1.29. The largest absolute Gasteiger partial charge is 0.508 e.